The molecule has 1 aliphatic heterocycles. The van der Waals surface area contributed by atoms with Gasteiger partial charge in [0.15, 0.2) is 0 Å². The number of aliphatic carboxylic acids is 1. The maximum Gasteiger partial charge on any atom is 0.308 e. The summed E-state index contributed by atoms with van der Waals surface area (Å²) in [7, 11) is 0. The first kappa shape index (κ1) is 15.1. The van der Waals surface area contributed by atoms with Gasteiger partial charge < -0.3 is 14.7 Å². The fraction of sp³-hybridized carbons (Fsp3) is 0.375. The van der Waals surface area contributed by atoms with Crippen molar-refractivity contribution in [2.24, 2.45) is 11.8 Å². The molecular weight excluding hydrogens is 270 g/mol. The van der Waals surface area contributed by atoms with E-state index in [2.05, 4.69) is 6.58 Å². The Kier molecular flexibility index (Phi) is 4.62. The second-order valence-electron chi connectivity index (χ2n) is 5.23. The zero-order valence-corrected chi connectivity index (χ0v) is 12.0. The van der Waals surface area contributed by atoms with E-state index in [1.54, 1.807) is 35.2 Å². The Labute approximate surface area is 123 Å². The number of carbonyl (C=O) groups excluding carboxylic acids is 1. The average Bonchev–Trinajstić information content (AvgIpc) is 2.87. The smallest absolute Gasteiger partial charge is 0.308 e. The molecule has 1 aliphatic rings. The summed E-state index contributed by atoms with van der Waals surface area (Å²) < 4.78 is 5.49. The number of para-hydroxylation sites is 1. The third-order valence-corrected chi connectivity index (χ3v) is 3.69. The zero-order chi connectivity index (χ0) is 15.4. The number of carboxylic acids is 1. The molecule has 0 spiro atoms. The summed E-state index contributed by atoms with van der Waals surface area (Å²) in [5, 5.41) is 9.15. The van der Waals surface area contributed by atoms with Gasteiger partial charge in [0, 0.05) is 13.1 Å². The van der Waals surface area contributed by atoms with Crippen molar-refractivity contribution in [3.63, 3.8) is 0 Å². The second kappa shape index (κ2) is 6.43. The standard InChI is InChI=1S/C16H19NO4/c1-3-8-21-14-7-5-4-6-12(14)15(18)17-9-11(2)13(10-17)16(19)20/h3-7,11,13H,1,8-10H2,2H3,(H,19,20). The number of rotatable bonds is 5. The van der Waals surface area contributed by atoms with Crippen LogP contribution in [0.2, 0.25) is 0 Å². The van der Waals surface area contributed by atoms with E-state index < -0.39 is 11.9 Å². The molecule has 0 radical (unpaired) electrons. The summed E-state index contributed by atoms with van der Waals surface area (Å²) in [6, 6.07) is 6.98. The Balaban J connectivity index is 2.17. The van der Waals surface area contributed by atoms with Gasteiger partial charge in [0.1, 0.15) is 12.4 Å². The van der Waals surface area contributed by atoms with Crippen LogP contribution in [0.15, 0.2) is 36.9 Å². The van der Waals surface area contributed by atoms with Crippen LogP contribution in [-0.2, 0) is 4.79 Å². The SMILES string of the molecule is C=CCOc1ccccc1C(=O)N1CC(C)C(C(=O)O)C1. The Bertz CT molecular complexity index is 555. The minimum atomic E-state index is -0.853. The predicted octanol–water partition coefficient (Wildman–Crippen LogP) is 2.04. The number of hydrogen-bond donors (Lipinski definition) is 1. The van der Waals surface area contributed by atoms with Crippen LogP contribution in [0, 0.1) is 11.8 Å². The molecule has 1 aromatic rings. The first-order chi connectivity index (χ1) is 10.0. The molecule has 2 unspecified atom stereocenters. The molecule has 1 fully saturated rings. The highest BCUT2D eigenvalue weighted by atomic mass is 16.5. The quantitative estimate of drug-likeness (QED) is 0.842. The van der Waals surface area contributed by atoms with Crippen molar-refractivity contribution < 1.29 is 19.4 Å². The number of hydrogen-bond acceptors (Lipinski definition) is 3. The lowest BCUT2D eigenvalue weighted by Crippen LogP contribution is -2.30. The lowest BCUT2D eigenvalue weighted by atomic mass is 9.99. The van der Waals surface area contributed by atoms with E-state index in [4.69, 9.17) is 9.84 Å². The lowest BCUT2D eigenvalue weighted by molar-refractivity contribution is -0.142. The summed E-state index contributed by atoms with van der Waals surface area (Å²) in [6.45, 7) is 6.44. The van der Waals surface area contributed by atoms with Gasteiger partial charge in [0.05, 0.1) is 11.5 Å². The Hall–Kier alpha value is -2.30. The number of carbonyl (C=O) groups is 2. The van der Waals surface area contributed by atoms with Gasteiger partial charge in [-0.3, -0.25) is 9.59 Å². The molecule has 2 atom stereocenters. The number of carboxylic acid groups (broad SMARTS) is 1. The topological polar surface area (TPSA) is 66.8 Å². The number of likely N-dealkylation sites (tertiary alicyclic amines) is 1. The summed E-state index contributed by atoms with van der Waals surface area (Å²) in [5.74, 6) is -1.10. The molecule has 1 amide bonds. The van der Waals surface area contributed by atoms with Gasteiger partial charge in [-0.25, -0.2) is 0 Å². The van der Waals surface area contributed by atoms with Gasteiger partial charge in [-0.1, -0.05) is 31.7 Å². The largest absolute Gasteiger partial charge is 0.489 e. The monoisotopic (exact) mass is 289 g/mol. The van der Waals surface area contributed by atoms with Crippen molar-refractivity contribution >= 4 is 11.9 Å². The summed E-state index contributed by atoms with van der Waals surface area (Å²) >= 11 is 0. The third kappa shape index (κ3) is 3.24. The molecule has 1 saturated heterocycles. The van der Waals surface area contributed by atoms with Crippen molar-refractivity contribution in [2.45, 2.75) is 6.92 Å². The third-order valence-electron chi connectivity index (χ3n) is 3.69. The van der Waals surface area contributed by atoms with E-state index in [0.717, 1.165) is 0 Å². The summed E-state index contributed by atoms with van der Waals surface area (Å²) in [5.41, 5.74) is 0.456. The van der Waals surface area contributed by atoms with Crippen molar-refractivity contribution in [3.8, 4) is 5.75 Å². The molecule has 1 N–H and O–H groups in total. The molecule has 0 aromatic heterocycles. The van der Waals surface area contributed by atoms with Crippen LogP contribution in [0.4, 0.5) is 0 Å². The van der Waals surface area contributed by atoms with E-state index in [9.17, 15) is 9.59 Å². The van der Waals surface area contributed by atoms with Crippen molar-refractivity contribution in [2.75, 3.05) is 19.7 Å². The molecule has 112 valence electrons. The maximum atomic E-state index is 12.6. The van der Waals surface area contributed by atoms with Crippen LogP contribution < -0.4 is 4.74 Å². The van der Waals surface area contributed by atoms with Gasteiger partial charge in [-0.05, 0) is 18.1 Å². The molecule has 1 heterocycles. The van der Waals surface area contributed by atoms with Crippen LogP contribution in [0.3, 0.4) is 0 Å². The first-order valence-electron chi connectivity index (χ1n) is 6.89. The van der Waals surface area contributed by atoms with Gasteiger partial charge in [0.2, 0.25) is 0 Å². The molecule has 5 nitrogen and oxygen atoms in total. The van der Waals surface area contributed by atoms with Gasteiger partial charge in [-0.2, -0.15) is 0 Å². The van der Waals surface area contributed by atoms with Crippen LogP contribution >= 0.6 is 0 Å². The Morgan fingerprint density at radius 1 is 1.43 bits per heavy atom. The van der Waals surface area contributed by atoms with Gasteiger partial charge in [-0.15, -0.1) is 0 Å². The van der Waals surface area contributed by atoms with E-state index in [1.807, 2.05) is 6.92 Å². The van der Waals surface area contributed by atoms with Gasteiger partial charge >= 0.3 is 5.97 Å². The van der Waals surface area contributed by atoms with E-state index in [0.29, 0.717) is 24.5 Å². The molecule has 0 saturated carbocycles. The van der Waals surface area contributed by atoms with Crippen LogP contribution in [0.25, 0.3) is 0 Å². The molecular formula is C16H19NO4. The van der Waals surface area contributed by atoms with Crippen LogP contribution in [0.1, 0.15) is 17.3 Å². The van der Waals surface area contributed by atoms with Crippen molar-refractivity contribution in [1.29, 1.82) is 0 Å². The molecule has 0 aliphatic carbocycles. The highest BCUT2D eigenvalue weighted by Gasteiger charge is 2.37. The Morgan fingerprint density at radius 2 is 2.14 bits per heavy atom. The lowest BCUT2D eigenvalue weighted by Gasteiger charge is -2.18. The molecule has 1 aromatic carbocycles. The minimum absolute atomic E-state index is 0.0484. The molecule has 21 heavy (non-hydrogen) atoms. The molecule has 0 bridgehead atoms. The van der Waals surface area contributed by atoms with Gasteiger partial charge in [0.25, 0.3) is 5.91 Å². The number of benzene rings is 1. The number of ether oxygens (including phenoxy) is 1. The van der Waals surface area contributed by atoms with Crippen LogP contribution in [0.5, 0.6) is 5.75 Å². The molecule has 5 heteroatoms. The fourth-order valence-corrected chi connectivity index (χ4v) is 2.54. The fourth-order valence-electron chi connectivity index (χ4n) is 2.54. The van der Waals surface area contributed by atoms with E-state index in [-0.39, 0.29) is 18.4 Å². The highest BCUT2D eigenvalue weighted by Crippen LogP contribution is 2.27. The average molecular weight is 289 g/mol. The highest BCUT2D eigenvalue weighted by molar-refractivity contribution is 5.97. The minimum Gasteiger partial charge on any atom is -0.489 e. The summed E-state index contributed by atoms with van der Waals surface area (Å²) in [6.07, 6.45) is 1.61. The van der Waals surface area contributed by atoms with Crippen LogP contribution in [-0.4, -0.2) is 41.6 Å². The first-order valence-corrected chi connectivity index (χ1v) is 6.89. The van der Waals surface area contributed by atoms with Crippen molar-refractivity contribution in [1.82, 2.24) is 4.90 Å². The number of amides is 1. The maximum absolute atomic E-state index is 12.6. The summed E-state index contributed by atoms with van der Waals surface area (Å²) in [4.78, 5) is 25.3. The number of nitrogens with zero attached hydrogens (tertiary/aromatic N) is 1. The Morgan fingerprint density at radius 3 is 2.76 bits per heavy atom. The predicted molar refractivity (Wildman–Crippen MR) is 78.3 cm³/mol. The second-order valence-corrected chi connectivity index (χ2v) is 5.23. The van der Waals surface area contributed by atoms with Crippen molar-refractivity contribution in [3.05, 3.63) is 42.5 Å². The van der Waals surface area contributed by atoms with E-state index >= 15 is 0 Å². The zero-order valence-electron chi connectivity index (χ0n) is 12.0. The molecule has 2 rings (SSSR count). The normalized spacial score (nSPS) is 21.1. The van der Waals surface area contributed by atoms with E-state index in [1.165, 1.54) is 0 Å².